The molecule has 1 aromatic carbocycles. The van der Waals surface area contributed by atoms with Gasteiger partial charge in [0.2, 0.25) is 0 Å². The number of imidazole rings is 1. The van der Waals surface area contributed by atoms with E-state index in [1.807, 2.05) is 37.4 Å². The van der Waals surface area contributed by atoms with Crippen LogP contribution in [0.1, 0.15) is 51.0 Å². The maximum Gasteiger partial charge on any atom is 0.323 e. The number of carbonyl (C=O) groups is 1. The molecule has 0 amide bonds. The van der Waals surface area contributed by atoms with Crippen LogP contribution in [0.4, 0.5) is 0 Å². The van der Waals surface area contributed by atoms with Crippen molar-refractivity contribution in [2.24, 2.45) is 18.9 Å². The molecule has 1 saturated heterocycles. The molecule has 9 nitrogen and oxygen atoms in total. The van der Waals surface area contributed by atoms with Crippen molar-refractivity contribution in [2.75, 3.05) is 26.4 Å². The molecule has 210 valence electrons. The molecule has 3 aromatic rings. The molecule has 1 saturated carbocycles. The van der Waals surface area contributed by atoms with Gasteiger partial charge < -0.3 is 23.7 Å². The maximum absolute atomic E-state index is 12.3. The number of pyridine rings is 1. The van der Waals surface area contributed by atoms with Crippen LogP contribution in [0.3, 0.4) is 0 Å². The second kappa shape index (κ2) is 11.5. The molecule has 1 unspecified atom stereocenters. The predicted octanol–water partition coefficient (Wildman–Crippen LogP) is 4.14. The van der Waals surface area contributed by atoms with E-state index in [4.69, 9.17) is 14.5 Å². The Morgan fingerprint density at radius 1 is 1.21 bits per heavy atom. The zero-order valence-electron chi connectivity index (χ0n) is 23.2. The van der Waals surface area contributed by atoms with Gasteiger partial charge >= 0.3 is 5.97 Å². The first-order valence-electron chi connectivity index (χ1n) is 14.1. The number of aryl methyl sites for hydroxylation is 2. The normalized spacial score (nSPS) is 18.4. The molecule has 1 aliphatic carbocycles. The molecular weight excluding hydrogens is 496 g/mol. The minimum Gasteiger partial charge on any atom is -0.492 e. The Balaban J connectivity index is 1.38. The van der Waals surface area contributed by atoms with Crippen molar-refractivity contribution < 1.29 is 19.4 Å². The monoisotopic (exact) mass is 536 g/mol. The van der Waals surface area contributed by atoms with E-state index in [0.717, 1.165) is 86.5 Å². The van der Waals surface area contributed by atoms with Gasteiger partial charge in [0.05, 0.1) is 11.0 Å². The second-order valence-corrected chi connectivity index (χ2v) is 11.3. The Morgan fingerprint density at radius 2 is 1.95 bits per heavy atom. The minimum absolute atomic E-state index is 0.0120. The first-order valence-corrected chi connectivity index (χ1v) is 14.1. The first-order chi connectivity index (χ1) is 18.8. The van der Waals surface area contributed by atoms with E-state index in [1.54, 1.807) is 18.5 Å². The number of nitrogens with one attached hydrogen (secondary N) is 1. The summed E-state index contributed by atoms with van der Waals surface area (Å²) in [6, 6.07) is 7.82. The number of fused-ring (bicyclic) bond motifs is 1. The molecule has 0 bridgehead atoms. The number of benzene rings is 1. The number of carboxylic acids is 1. The molecule has 3 heterocycles. The Hall–Kier alpha value is -3.17. The highest BCUT2D eigenvalue weighted by Crippen LogP contribution is 2.34. The zero-order valence-corrected chi connectivity index (χ0v) is 23.2. The van der Waals surface area contributed by atoms with Crippen molar-refractivity contribution in [3.05, 3.63) is 46.4 Å². The highest BCUT2D eigenvalue weighted by Gasteiger charge is 2.42. The molecule has 1 aliphatic heterocycles. The van der Waals surface area contributed by atoms with Gasteiger partial charge in [-0.2, -0.15) is 0 Å². The van der Waals surface area contributed by atoms with Crippen molar-refractivity contribution in [1.82, 2.24) is 19.4 Å². The van der Waals surface area contributed by atoms with Crippen LogP contribution >= 0.6 is 0 Å². The summed E-state index contributed by atoms with van der Waals surface area (Å²) < 4.78 is 15.5. The molecule has 5 rings (SSSR count). The number of nitrogens with zero attached hydrogens (tertiary/aromatic N) is 3. The third-order valence-corrected chi connectivity index (χ3v) is 8.60. The molecule has 39 heavy (non-hydrogen) atoms. The average molecular weight is 537 g/mol. The average Bonchev–Trinajstić information content (AvgIpc) is 3.59. The van der Waals surface area contributed by atoms with E-state index in [2.05, 4.69) is 9.88 Å². The van der Waals surface area contributed by atoms with E-state index in [1.165, 1.54) is 0 Å². The molecular formula is C30H40N4O5. The quantitative estimate of drug-likeness (QED) is 0.375. The maximum atomic E-state index is 12.3. The fourth-order valence-electron chi connectivity index (χ4n) is 6.16. The Kier molecular flexibility index (Phi) is 8.09. The van der Waals surface area contributed by atoms with Crippen LogP contribution in [-0.4, -0.2) is 57.1 Å². The highest BCUT2D eigenvalue weighted by atomic mass is 16.5. The van der Waals surface area contributed by atoms with Crippen molar-refractivity contribution >= 4 is 17.0 Å². The minimum atomic E-state index is -0.936. The third-order valence-electron chi connectivity index (χ3n) is 8.60. The SMILES string of the molecule is Cc1cc(-c2nc3ccc(OCCNC(C)(C(=O)O)C4CCCC4)cc3n2CC2CCOCC2)cn(C)c1=O. The van der Waals surface area contributed by atoms with Crippen LogP contribution in [0.15, 0.2) is 35.3 Å². The molecule has 0 radical (unpaired) electrons. The van der Waals surface area contributed by atoms with Gasteiger partial charge in [0.1, 0.15) is 23.7 Å². The van der Waals surface area contributed by atoms with Crippen molar-refractivity contribution in [3.8, 4) is 17.1 Å². The Bertz CT molecular complexity index is 1360. The van der Waals surface area contributed by atoms with Crippen LogP contribution < -0.4 is 15.6 Å². The summed E-state index contributed by atoms with van der Waals surface area (Å²) in [7, 11) is 1.77. The predicted molar refractivity (Wildman–Crippen MR) is 150 cm³/mol. The number of aliphatic carboxylic acids is 1. The molecule has 9 heteroatoms. The summed E-state index contributed by atoms with van der Waals surface area (Å²) in [6.07, 6.45) is 7.92. The summed E-state index contributed by atoms with van der Waals surface area (Å²) in [5, 5.41) is 13.2. The van der Waals surface area contributed by atoms with Gasteiger partial charge in [0.15, 0.2) is 0 Å². The number of hydrogen-bond donors (Lipinski definition) is 2. The third kappa shape index (κ3) is 5.75. The molecule has 2 N–H and O–H groups in total. The smallest absolute Gasteiger partial charge is 0.323 e. The lowest BCUT2D eigenvalue weighted by molar-refractivity contribution is -0.146. The fraction of sp³-hybridized carbons (Fsp3) is 0.567. The van der Waals surface area contributed by atoms with E-state index in [-0.39, 0.29) is 11.5 Å². The summed E-state index contributed by atoms with van der Waals surface area (Å²) in [5.74, 6) is 1.38. The van der Waals surface area contributed by atoms with Gasteiger partial charge in [-0.05, 0) is 69.6 Å². The van der Waals surface area contributed by atoms with Crippen molar-refractivity contribution in [3.63, 3.8) is 0 Å². The van der Waals surface area contributed by atoms with E-state index >= 15 is 0 Å². The largest absolute Gasteiger partial charge is 0.492 e. The standard InChI is InChI=1S/C30H40N4O5/c1-20-16-22(19-33(3)28(20)35)27-32-25-9-8-24(17-26(25)34(27)18-21-10-13-38-14-11-21)39-15-12-31-30(2,29(36)37)23-6-4-5-7-23/h8-9,16-17,19,21,23,31H,4-7,10-15,18H2,1-3H3,(H,36,37). The van der Waals surface area contributed by atoms with Crippen LogP contribution in [0, 0.1) is 18.8 Å². The number of hydrogen-bond acceptors (Lipinski definition) is 6. The van der Waals surface area contributed by atoms with E-state index in [0.29, 0.717) is 24.6 Å². The van der Waals surface area contributed by atoms with Crippen LogP contribution in [0.25, 0.3) is 22.4 Å². The van der Waals surface area contributed by atoms with Crippen LogP contribution in [-0.2, 0) is 23.1 Å². The second-order valence-electron chi connectivity index (χ2n) is 11.3. The molecule has 0 spiro atoms. The number of ether oxygens (including phenoxy) is 2. The van der Waals surface area contributed by atoms with Gasteiger partial charge in [0, 0.05) is 56.7 Å². The van der Waals surface area contributed by atoms with Gasteiger partial charge in [-0.1, -0.05) is 12.8 Å². The van der Waals surface area contributed by atoms with Gasteiger partial charge in [-0.3, -0.25) is 14.9 Å². The summed E-state index contributed by atoms with van der Waals surface area (Å²) in [5.41, 5.74) is 2.49. The lowest BCUT2D eigenvalue weighted by atomic mass is 9.84. The Labute approximate surface area is 229 Å². The highest BCUT2D eigenvalue weighted by molar-refractivity contribution is 5.82. The number of carboxylic acid groups (broad SMARTS) is 1. The number of rotatable bonds is 10. The lowest BCUT2D eigenvalue weighted by Crippen LogP contribution is -2.55. The molecule has 1 atom stereocenters. The van der Waals surface area contributed by atoms with Gasteiger partial charge in [-0.15, -0.1) is 0 Å². The Morgan fingerprint density at radius 3 is 2.64 bits per heavy atom. The molecule has 2 aliphatic rings. The zero-order chi connectivity index (χ0) is 27.6. The van der Waals surface area contributed by atoms with Gasteiger partial charge in [0.25, 0.3) is 5.56 Å². The fourth-order valence-corrected chi connectivity index (χ4v) is 6.16. The molecule has 2 aromatic heterocycles. The first kappa shape index (κ1) is 27.4. The van der Waals surface area contributed by atoms with Gasteiger partial charge in [-0.25, -0.2) is 4.98 Å². The van der Waals surface area contributed by atoms with E-state index < -0.39 is 11.5 Å². The lowest BCUT2D eigenvalue weighted by Gasteiger charge is -2.32. The summed E-state index contributed by atoms with van der Waals surface area (Å²) in [4.78, 5) is 29.4. The topological polar surface area (TPSA) is 108 Å². The van der Waals surface area contributed by atoms with Crippen LogP contribution in [0.5, 0.6) is 5.75 Å². The summed E-state index contributed by atoms with van der Waals surface area (Å²) >= 11 is 0. The van der Waals surface area contributed by atoms with Crippen molar-refractivity contribution in [1.29, 1.82) is 0 Å². The van der Waals surface area contributed by atoms with Crippen molar-refractivity contribution in [2.45, 2.75) is 64.5 Å². The number of aromatic nitrogens is 3. The molecule has 2 fully saturated rings. The summed E-state index contributed by atoms with van der Waals surface area (Å²) in [6.45, 7) is 6.78. The van der Waals surface area contributed by atoms with E-state index in [9.17, 15) is 14.7 Å². The van der Waals surface area contributed by atoms with Crippen LogP contribution in [0.2, 0.25) is 0 Å².